The van der Waals surface area contributed by atoms with Crippen molar-refractivity contribution in [1.82, 2.24) is 0 Å². The molecule has 5 saturated carbocycles. The molecule has 5 fully saturated rings. The molecular weight excluding hydrogens is 196 g/mol. The molecule has 16 heavy (non-hydrogen) atoms. The SMILES string of the molecule is CC(C)(C)O[C@H]1C2[C@@H]3[C@H]2[C@H]2CCCC[C@@H]3C12. The van der Waals surface area contributed by atoms with Crippen LogP contribution in [0.5, 0.6) is 0 Å². The summed E-state index contributed by atoms with van der Waals surface area (Å²) in [6, 6.07) is 0. The van der Waals surface area contributed by atoms with Gasteiger partial charge in [-0.1, -0.05) is 12.8 Å². The van der Waals surface area contributed by atoms with Crippen LogP contribution >= 0.6 is 0 Å². The molecule has 0 spiro atoms. The maximum Gasteiger partial charge on any atom is 0.0649 e. The average molecular weight is 220 g/mol. The third-order valence-electron chi connectivity index (χ3n) is 5.74. The van der Waals surface area contributed by atoms with E-state index < -0.39 is 0 Å². The molecule has 1 nitrogen and oxygen atoms in total. The highest BCUT2D eigenvalue weighted by molar-refractivity contribution is 5.25. The topological polar surface area (TPSA) is 9.23 Å². The lowest BCUT2D eigenvalue weighted by Crippen LogP contribution is -2.32. The Hall–Kier alpha value is -0.0400. The summed E-state index contributed by atoms with van der Waals surface area (Å²) in [6.45, 7) is 6.68. The fourth-order valence-corrected chi connectivity index (χ4v) is 5.63. The Bertz CT molecular complexity index is 296. The van der Waals surface area contributed by atoms with E-state index in [1.807, 2.05) is 0 Å². The highest BCUT2D eigenvalue weighted by Crippen LogP contribution is 2.79. The molecule has 0 aromatic carbocycles. The fraction of sp³-hybridized carbons (Fsp3) is 1.00. The Morgan fingerprint density at radius 1 is 0.812 bits per heavy atom. The van der Waals surface area contributed by atoms with Gasteiger partial charge in [-0.15, -0.1) is 0 Å². The van der Waals surface area contributed by atoms with Gasteiger partial charge in [0.2, 0.25) is 0 Å². The van der Waals surface area contributed by atoms with E-state index in [1.54, 1.807) is 0 Å². The van der Waals surface area contributed by atoms with Crippen LogP contribution in [-0.2, 0) is 4.74 Å². The first kappa shape index (κ1) is 9.94. The van der Waals surface area contributed by atoms with E-state index in [0.717, 1.165) is 35.5 Å². The summed E-state index contributed by atoms with van der Waals surface area (Å²) in [4.78, 5) is 0. The first-order valence-corrected chi connectivity index (χ1v) is 7.26. The lowest BCUT2D eigenvalue weighted by atomic mass is 9.89. The van der Waals surface area contributed by atoms with Crippen molar-refractivity contribution in [2.45, 2.75) is 58.2 Å². The average Bonchev–Trinajstić information content (AvgIpc) is 2.62. The van der Waals surface area contributed by atoms with E-state index in [2.05, 4.69) is 20.8 Å². The Balaban J connectivity index is 1.61. The number of hydrogen-bond acceptors (Lipinski definition) is 1. The standard InChI is InChI=1S/C15H24O/c1-15(2,3)16-14-10-8-6-4-5-7-9(10)12-11(8)13(12)14/h8-14H,4-7H2,1-3H3/t8-,9+,10?,11+,12-,13?,14-/m1/s1. The van der Waals surface area contributed by atoms with Crippen LogP contribution < -0.4 is 0 Å². The van der Waals surface area contributed by atoms with E-state index in [-0.39, 0.29) is 5.60 Å². The molecule has 5 rings (SSSR count). The summed E-state index contributed by atoms with van der Waals surface area (Å²) in [6.07, 6.45) is 6.67. The second kappa shape index (κ2) is 2.85. The van der Waals surface area contributed by atoms with Gasteiger partial charge in [0.1, 0.15) is 0 Å². The van der Waals surface area contributed by atoms with Crippen molar-refractivity contribution < 1.29 is 4.74 Å². The van der Waals surface area contributed by atoms with Gasteiger partial charge in [0.25, 0.3) is 0 Å². The molecule has 5 aliphatic carbocycles. The summed E-state index contributed by atoms with van der Waals surface area (Å²) >= 11 is 0. The van der Waals surface area contributed by atoms with E-state index in [0.29, 0.717) is 6.10 Å². The zero-order valence-corrected chi connectivity index (χ0v) is 10.8. The van der Waals surface area contributed by atoms with Crippen molar-refractivity contribution in [2.24, 2.45) is 35.5 Å². The minimum Gasteiger partial charge on any atom is -0.372 e. The Morgan fingerprint density at radius 3 is 1.88 bits per heavy atom. The van der Waals surface area contributed by atoms with E-state index in [9.17, 15) is 0 Å². The summed E-state index contributed by atoms with van der Waals surface area (Å²) in [5.41, 5.74) is 0.0679. The third kappa shape index (κ3) is 1.11. The van der Waals surface area contributed by atoms with Gasteiger partial charge in [0.05, 0.1) is 11.7 Å². The van der Waals surface area contributed by atoms with Gasteiger partial charge in [-0.05, 0) is 69.1 Å². The van der Waals surface area contributed by atoms with Crippen molar-refractivity contribution in [1.29, 1.82) is 0 Å². The summed E-state index contributed by atoms with van der Waals surface area (Å²) in [5, 5.41) is 0. The van der Waals surface area contributed by atoms with Gasteiger partial charge in [-0.25, -0.2) is 0 Å². The van der Waals surface area contributed by atoms with Gasteiger partial charge < -0.3 is 4.74 Å². The fourth-order valence-electron chi connectivity index (χ4n) is 5.63. The Labute approximate surface area is 98.9 Å². The molecule has 2 unspecified atom stereocenters. The maximum atomic E-state index is 6.40. The molecule has 0 aliphatic heterocycles. The van der Waals surface area contributed by atoms with Crippen LogP contribution in [0.4, 0.5) is 0 Å². The molecule has 7 atom stereocenters. The van der Waals surface area contributed by atoms with E-state index in [4.69, 9.17) is 4.74 Å². The highest BCUT2D eigenvalue weighted by Gasteiger charge is 2.78. The molecule has 0 saturated heterocycles. The molecule has 1 heteroatoms. The van der Waals surface area contributed by atoms with Crippen molar-refractivity contribution >= 4 is 0 Å². The van der Waals surface area contributed by atoms with Crippen molar-refractivity contribution in [3.05, 3.63) is 0 Å². The molecular formula is C15H24O. The second-order valence-corrected chi connectivity index (χ2v) is 7.62. The molecule has 0 aromatic rings. The van der Waals surface area contributed by atoms with Crippen LogP contribution in [0.25, 0.3) is 0 Å². The minimum atomic E-state index is 0.0679. The Kier molecular flexibility index (Phi) is 1.77. The predicted octanol–water partition coefficient (Wildman–Crippen LogP) is 3.48. The van der Waals surface area contributed by atoms with Crippen molar-refractivity contribution in [3.63, 3.8) is 0 Å². The minimum absolute atomic E-state index is 0.0679. The maximum absolute atomic E-state index is 6.40. The van der Waals surface area contributed by atoms with Crippen molar-refractivity contribution in [2.75, 3.05) is 0 Å². The van der Waals surface area contributed by atoms with Gasteiger partial charge in [-0.3, -0.25) is 0 Å². The first-order valence-electron chi connectivity index (χ1n) is 7.26. The molecule has 90 valence electrons. The zero-order chi connectivity index (χ0) is 11.1. The molecule has 0 N–H and O–H groups in total. The van der Waals surface area contributed by atoms with Gasteiger partial charge in [0.15, 0.2) is 0 Å². The Morgan fingerprint density at radius 2 is 1.38 bits per heavy atom. The van der Waals surface area contributed by atoms with Crippen LogP contribution in [0.2, 0.25) is 0 Å². The molecule has 5 aliphatic rings. The van der Waals surface area contributed by atoms with Gasteiger partial charge in [-0.2, -0.15) is 0 Å². The summed E-state index contributed by atoms with van der Waals surface area (Å²) in [7, 11) is 0. The van der Waals surface area contributed by atoms with Crippen LogP contribution in [0, 0.1) is 35.5 Å². The monoisotopic (exact) mass is 220 g/mol. The summed E-state index contributed by atoms with van der Waals surface area (Å²) < 4.78 is 6.40. The molecule has 6 bridgehead atoms. The quantitative estimate of drug-likeness (QED) is 0.657. The second-order valence-electron chi connectivity index (χ2n) is 7.62. The lowest BCUT2D eigenvalue weighted by Gasteiger charge is -2.30. The molecule has 0 heterocycles. The number of ether oxygens (including phenoxy) is 1. The summed E-state index contributed by atoms with van der Waals surface area (Å²) in [5.74, 6) is 6.27. The third-order valence-corrected chi connectivity index (χ3v) is 5.74. The predicted molar refractivity (Wildman–Crippen MR) is 64.0 cm³/mol. The molecule has 0 radical (unpaired) electrons. The van der Waals surface area contributed by atoms with Crippen LogP contribution in [-0.4, -0.2) is 11.7 Å². The molecule has 0 amide bonds. The van der Waals surface area contributed by atoms with Crippen molar-refractivity contribution in [3.8, 4) is 0 Å². The van der Waals surface area contributed by atoms with E-state index in [1.165, 1.54) is 25.7 Å². The lowest BCUT2D eigenvalue weighted by molar-refractivity contribution is -0.0831. The largest absolute Gasteiger partial charge is 0.372 e. The first-order chi connectivity index (χ1) is 7.58. The van der Waals surface area contributed by atoms with Gasteiger partial charge >= 0.3 is 0 Å². The number of rotatable bonds is 1. The van der Waals surface area contributed by atoms with Crippen LogP contribution in [0.1, 0.15) is 46.5 Å². The highest BCUT2D eigenvalue weighted by atomic mass is 16.5. The smallest absolute Gasteiger partial charge is 0.0649 e. The van der Waals surface area contributed by atoms with Crippen LogP contribution in [0.15, 0.2) is 0 Å². The zero-order valence-electron chi connectivity index (χ0n) is 10.8. The van der Waals surface area contributed by atoms with E-state index >= 15 is 0 Å². The normalized spacial score (nSPS) is 57.6. The van der Waals surface area contributed by atoms with Crippen LogP contribution in [0.3, 0.4) is 0 Å². The molecule has 0 aromatic heterocycles. The number of hydrogen-bond donors (Lipinski definition) is 0. The van der Waals surface area contributed by atoms with Gasteiger partial charge in [0, 0.05) is 0 Å².